The van der Waals surface area contributed by atoms with E-state index in [2.05, 4.69) is 10.3 Å². The van der Waals surface area contributed by atoms with Crippen molar-refractivity contribution in [2.24, 2.45) is 0 Å². The maximum Gasteiger partial charge on any atom is 0.309 e. The van der Waals surface area contributed by atoms with Crippen molar-refractivity contribution in [2.45, 2.75) is 13.0 Å². The third-order valence-electron chi connectivity index (χ3n) is 2.76. The highest BCUT2D eigenvalue weighted by atomic mass is 32.1. The van der Waals surface area contributed by atoms with Gasteiger partial charge in [0.15, 0.2) is 16.6 Å². The summed E-state index contributed by atoms with van der Waals surface area (Å²) >= 11 is 1.39. The molecule has 2 aromatic rings. The molecule has 0 saturated heterocycles. The summed E-state index contributed by atoms with van der Waals surface area (Å²) in [6.45, 7) is 0.855. The highest BCUT2D eigenvalue weighted by Gasteiger charge is 2.13. The van der Waals surface area contributed by atoms with Gasteiger partial charge in [-0.15, -0.1) is 11.3 Å². The van der Waals surface area contributed by atoms with Crippen molar-refractivity contribution in [3.63, 3.8) is 0 Å². The van der Waals surface area contributed by atoms with Crippen LogP contribution in [0.25, 0.3) is 0 Å². The summed E-state index contributed by atoms with van der Waals surface area (Å²) in [7, 11) is 0. The number of hydrogen-bond donors (Lipinski definition) is 2. The molecule has 0 saturated carbocycles. The molecule has 7 heteroatoms. The Morgan fingerprint density at radius 1 is 1.40 bits per heavy atom. The largest absolute Gasteiger partial charge is 0.481 e. The Morgan fingerprint density at radius 2 is 2.25 bits per heavy atom. The van der Waals surface area contributed by atoms with Gasteiger partial charge in [0, 0.05) is 11.9 Å². The van der Waals surface area contributed by atoms with Gasteiger partial charge in [-0.05, 0) is 17.7 Å². The van der Waals surface area contributed by atoms with Crippen LogP contribution >= 0.6 is 11.3 Å². The molecular weight excluding hydrogens is 280 g/mol. The molecule has 0 atom stereocenters. The second kappa shape index (κ2) is 5.38. The quantitative estimate of drug-likeness (QED) is 0.878. The molecule has 0 amide bonds. The molecule has 1 aromatic heterocycles. The number of carbonyl (C=O) groups is 1. The van der Waals surface area contributed by atoms with E-state index in [1.807, 2.05) is 18.2 Å². The Morgan fingerprint density at radius 3 is 3.10 bits per heavy atom. The van der Waals surface area contributed by atoms with E-state index >= 15 is 0 Å². The van der Waals surface area contributed by atoms with Crippen LogP contribution in [-0.2, 0) is 17.8 Å². The zero-order valence-corrected chi connectivity index (χ0v) is 11.3. The van der Waals surface area contributed by atoms with E-state index < -0.39 is 5.97 Å². The molecule has 20 heavy (non-hydrogen) atoms. The average Bonchev–Trinajstić information content (AvgIpc) is 3.03. The van der Waals surface area contributed by atoms with Crippen molar-refractivity contribution in [2.75, 3.05) is 12.1 Å². The molecule has 6 nitrogen and oxygen atoms in total. The summed E-state index contributed by atoms with van der Waals surface area (Å²) in [5.74, 6) is 0.624. The van der Waals surface area contributed by atoms with Crippen molar-refractivity contribution >= 4 is 22.4 Å². The van der Waals surface area contributed by atoms with E-state index in [1.54, 1.807) is 5.38 Å². The molecule has 1 aromatic carbocycles. The maximum absolute atomic E-state index is 10.6. The first-order valence-corrected chi connectivity index (χ1v) is 6.87. The van der Waals surface area contributed by atoms with E-state index in [1.165, 1.54) is 11.3 Å². The Balaban J connectivity index is 1.61. The van der Waals surface area contributed by atoms with Crippen LogP contribution in [0.4, 0.5) is 5.13 Å². The van der Waals surface area contributed by atoms with Gasteiger partial charge < -0.3 is 19.9 Å². The number of anilines is 1. The van der Waals surface area contributed by atoms with Gasteiger partial charge in [-0.25, -0.2) is 4.98 Å². The smallest absolute Gasteiger partial charge is 0.309 e. The number of carboxylic acids is 1. The molecule has 0 radical (unpaired) electrons. The lowest BCUT2D eigenvalue weighted by atomic mass is 10.2. The zero-order chi connectivity index (χ0) is 13.9. The SMILES string of the molecule is O=C(O)Cc1csc(NCc2ccc3c(c2)OCO3)n1. The summed E-state index contributed by atoms with van der Waals surface area (Å²) in [6.07, 6.45) is -0.0534. The third kappa shape index (κ3) is 2.83. The number of nitrogens with one attached hydrogen (secondary N) is 1. The normalized spacial score (nSPS) is 12.4. The average molecular weight is 292 g/mol. The zero-order valence-electron chi connectivity index (χ0n) is 10.5. The van der Waals surface area contributed by atoms with Crippen LogP contribution in [0.2, 0.25) is 0 Å². The Hall–Kier alpha value is -2.28. The molecular formula is C13H12N2O4S. The van der Waals surface area contributed by atoms with Crippen molar-refractivity contribution in [1.29, 1.82) is 0 Å². The number of fused-ring (bicyclic) bond motifs is 1. The molecule has 2 heterocycles. The second-order valence-corrected chi connectivity index (χ2v) is 5.11. The second-order valence-electron chi connectivity index (χ2n) is 4.26. The van der Waals surface area contributed by atoms with Gasteiger partial charge in [0.05, 0.1) is 12.1 Å². The summed E-state index contributed by atoms with van der Waals surface area (Å²) < 4.78 is 10.6. The van der Waals surface area contributed by atoms with Gasteiger partial charge in [-0.3, -0.25) is 4.79 Å². The number of hydrogen-bond acceptors (Lipinski definition) is 6. The van der Waals surface area contributed by atoms with Gasteiger partial charge in [-0.1, -0.05) is 6.07 Å². The molecule has 104 valence electrons. The van der Waals surface area contributed by atoms with Crippen molar-refractivity contribution in [3.8, 4) is 11.5 Å². The fourth-order valence-electron chi connectivity index (χ4n) is 1.85. The topological polar surface area (TPSA) is 80.7 Å². The summed E-state index contributed by atoms with van der Waals surface area (Å²) in [5.41, 5.74) is 1.61. The number of benzene rings is 1. The van der Waals surface area contributed by atoms with E-state index in [0.29, 0.717) is 17.4 Å². The van der Waals surface area contributed by atoms with Crippen molar-refractivity contribution in [3.05, 3.63) is 34.8 Å². The number of aromatic nitrogens is 1. The fraction of sp³-hybridized carbons (Fsp3) is 0.231. The first-order valence-electron chi connectivity index (χ1n) is 5.99. The minimum Gasteiger partial charge on any atom is -0.481 e. The monoisotopic (exact) mass is 292 g/mol. The standard InChI is InChI=1S/C13H12N2O4S/c16-12(17)4-9-6-20-13(15-9)14-5-8-1-2-10-11(3-8)19-7-18-10/h1-3,6H,4-5,7H2,(H,14,15)(H,16,17). The lowest BCUT2D eigenvalue weighted by Crippen LogP contribution is -2.02. The number of thiazole rings is 1. The van der Waals surface area contributed by atoms with Gasteiger partial charge in [0.2, 0.25) is 6.79 Å². The third-order valence-corrected chi connectivity index (χ3v) is 3.61. The molecule has 0 spiro atoms. The Kier molecular flexibility index (Phi) is 3.42. The summed E-state index contributed by atoms with van der Waals surface area (Å²) in [4.78, 5) is 14.8. The molecule has 0 bridgehead atoms. The molecule has 1 aliphatic rings. The first kappa shape index (κ1) is 12.7. The highest BCUT2D eigenvalue weighted by Crippen LogP contribution is 2.32. The maximum atomic E-state index is 10.6. The molecule has 0 unspecified atom stereocenters. The Bertz CT molecular complexity index is 641. The van der Waals surface area contributed by atoms with E-state index in [4.69, 9.17) is 14.6 Å². The minimum absolute atomic E-state index is 0.0534. The molecule has 0 fully saturated rings. The van der Waals surface area contributed by atoms with Crippen LogP contribution < -0.4 is 14.8 Å². The lowest BCUT2D eigenvalue weighted by Gasteiger charge is -2.04. The van der Waals surface area contributed by atoms with E-state index in [9.17, 15) is 4.79 Å². The number of carboxylic acid groups (broad SMARTS) is 1. The van der Waals surface area contributed by atoms with Crippen LogP contribution in [0, 0.1) is 0 Å². The van der Waals surface area contributed by atoms with Gasteiger partial charge in [0.1, 0.15) is 0 Å². The van der Waals surface area contributed by atoms with Crippen LogP contribution in [0.1, 0.15) is 11.3 Å². The van der Waals surface area contributed by atoms with Crippen molar-refractivity contribution < 1.29 is 19.4 Å². The van der Waals surface area contributed by atoms with Crippen LogP contribution in [-0.4, -0.2) is 22.9 Å². The predicted molar refractivity (Wildman–Crippen MR) is 73.3 cm³/mol. The van der Waals surface area contributed by atoms with E-state index in [-0.39, 0.29) is 13.2 Å². The van der Waals surface area contributed by atoms with Gasteiger partial charge in [-0.2, -0.15) is 0 Å². The fourth-order valence-corrected chi connectivity index (χ4v) is 2.56. The number of rotatable bonds is 5. The minimum atomic E-state index is -0.877. The number of aliphatic carboxylic acids is 1. The molecule has 2 N–H and O–H groups in total. The first-order chi connectivity index (χ1) is 9.70. The number of nitrogens with zero attached hydrogens (tertiary/aromatic N) is 1. The van der Waals surface area contributed by atoms with E-state index in [0.717, 1.165) is 17.1 Å². The van der Waals surface area contributed by atoms with Gasteiger partial charge >= 0.3 is 5.97 Å². The van der Waals surface area contributed by atoms with Crippen LogP contribution in [0.15, 0.2) is 23.6 Å². The number of ether oxygens (including phenoxy) is 2. The van der Waals surface area contributed by atoms with Gasteiger partial charge in [0.25, 0.3) is 0 Å². The molecule has 1 aliphatic heterocycles. The summed E-state index contributed by atoms with van der Waals surface area (Å²) in [6, 6.07) is 5.74. The highest BCUT2D eigenvalue weighted by molar-refractivity contribution is 7.13. The Labute approximate surface area is 119 Å². The predicted octanol–water partition coefficient (Wildman–Crippen LogP) is 2.11. The van der Waals surface area contributed by atoms with Crippen LogP contribution in [0.3, 0.4) is 0 Å². The van der Waals surface area contributed by atoms with Crippen molar-refractivity contribution in [1.82, 2.24) is 4.98 Å². The lowest BCUT2D eigenvalue weighted by molar-refractivity contribution is -0.136. The van der Waals surface area contributed by atoms with Crippen LogP contribution in [0.5, 0.6) is 11.5 Å². The molecule has 3 rings (SSSR count). The molecule has 0 aliphatic carbocycles. The summed E-state index contributed by atoms with van der Waals surface area (Å²) in [5, 5.41) is 14.3.